The number of ether oxygens (including phenoxy) is 1. The van der Waals surface area contributed by atoms with Crippen molar-refractivity contribution in [2.45, 2.75) is 26.2 Å². The molecule has 0 spiro atoms. The number of hydrogen-bond acceptors (Lipinski definition) is 3. The molecule has 1 atom stereocenters. The van der Waals surface area contributed by atoms with Crippen molar-refractivity contribution in [1.29, 1.82) is 0 Å². The van der Waals surface area contributed by atoms with Gasteiger partial charge in [0.2, 0.25) is 0 Å². The van der Waals surface area contributed by atoms with Crippen LogP contribution in [0.15, 0.2) is 0 Å². The van der Waals surface area contributed by atoms with Gasteiger partial charge in [0.05, 0.1) is 13.2 Å². The molecule has 0 bridgehead atoms. The smallest absolute Gasteiger partial charge is 0.151 e. The summed E-state index contributed by atoms with van der Waals surface area (Å²) in [5.74, 6) is 0.464. The van der Waals surface area contributed by atoms with Crippen molar-refractivity contribution >= 4 is 5.78 Å². The van der Waals surface area contributed by atoms with Crippen LogP contribution < -0.4 is 5.32 Å². The molecule has 3 nitrogen and oxygen atoms in total. The van der Waals surface area contributed by atoms with Gasteiger partial charge in [0.25, 0.3) is 0 Å². The Morgan fingerprint density at radius 1 is 1.62 bits per heavy atom. The highest BCUT2D eigenvalue weighted by molar-refractivity contribution is 5.83. The Hall–Kier alpha value is -0.410. The van der Waals surface area contributed by atoms with E-state index in [0.29, 0.717) is 18.9 Å². The van der Waals surface area contributed by atoms with Gasteiger partial charge in [-0.15, -0.1) is 0 Å². The standard InChI is InChI=1S/C10H19NO2/c1-2-5-11-7-10(12)9-4-3-6-13-8-9/h9,11H,2-8H2,1H3. The maximum absolute atomic E-state index is 11.5. The van der Waals surface area contributed by atoms with Gasteiger partial charge in [-0.25, -0.2) is 0 Å². The molecule has 0 saturated carbocycles. The Balaban J connectivity index is 2.13. The zero-order valence-corrected chi connectivity index (χ0v) is 8.34. The average Bonchev–Trinajstić information content (AvgIpc) is 2.19. The van der Waals surface area contributed by atoms with E-state index in [2.05, 4.69) is 12.2 Å². The molecule has 13 heavy (non-hydrogen) atoms. The van der Waals surface area contributed by atoms with E-state index in [9.17, 15) is 4.79 Å². The summed E-state index contributed by atoms with van der Waals surface area (Å²) >= 11 is 0. The molecule has 3 heteroatoms. The van der Waals surface area contributed by atoms with Crippen LogP contribution in [-0.4, -0.2) is 32.1 Å². The van der Waals surface area contributed by atoms with Crippen LogP contribution in [0.3, 0.4) is 0 Å². The first-order chi connectivity index (χ1) is 6.34. The fraction of sp³-hybridized carbons (Fsp3) is 0.900. The summed E-state index contributed by atoms with van der Waals surface area (Å²) in [6, 6.07) is 0. The highest BCUT2D eigenvalue weighted by atomic mass is 16.5. The lowest BCUT2D eigenvalue weighted by Gasteiger charge is -2.20. The second kappa shape index (κ2) is 6.11. The summed E-state index contributed by atoms with van der Waals surface area (Å²) < 4.78 is 5.26. The lowest BCUT2D eigenvalue weighted by atomic mass is 9.97. The van der Waals surface area contributed by atoms with Crippen LogP contribution in [0, 0.1) is 5.92 Å². The second-order valence-corrected chi connectivity index (χ2v) is 3.56. The Morgan fingerprint density at radius 3 is 3.08 bits per heavy atom. The molecular formula is C10H19NO2. The molecule has 1 aliphatic heterocycles. The van der Waals surface area contributed by atoms with Crippen LogP contribution in [0.2, 0.25) is 0 Å². The van der Waals surface area contributed by atoms with Gasteiger partial charge in [0, 0.05) is 12.5 Å². The quantitative estimate of drug-likeness (QED) is 0.649. The first kappa shape index (κ1) is 10.7. The highest BCUT2D eigenvalue weighted by Gasteiger charge is 2.20. The lowest BCUT2D eigenvalue weighted by molar-refractivity contribution is -0.125. The molecule has 1 N–H and O–H groups in total. The highest BCUT2D eigenvalue weighted by Crippen LogP contribution is 2.13. The van der Waals surface area contributed by atoms with Crippen molar-refractivity contribution in [3.63, 3.8) is 0 Å². The van der Waals surface area contributed by atoms with Crippen molar-refractivity contribution in [2.24, 2.45) is 5.92 Å². The molecule has 0 aromatic heterocycles. The molecule has 1 unspecified atom stereocenters. The van der Waals surface area contributed by atoms with Crippen LogP contribution in [0.4, 0.5) is 0 Å². The van der Waals surface area contributed by atoms with Crippen molar-refractivity contribution in [1.82, 2.24) is 5.32 Å². The van der Waals surface area contributed by atoms with E-state index in [1.54, 1.807) is 0 Å². The van der Waals surface area contributed by atoms with Crippen LogP contribution in [0.5, 0.6) is 0 Å². The van der Waals surface area contributed by atoms with E-state index >= 15 is 0 Å². The van der Waals surface area contributed by atoms with Crippen molar-refractivity contribution < 1.29 is 9.53 Å². The predicted molar refractivity (Wildman–Crippen MR) is 51.7 cm³/mol. The summed E-state index contributed by atoms with van der Waals surface area (Å²) in [5, 5.41) is 3.13. The minimum Gasteiger partial charge on any atom is -0.381 e. The van der Waals surface area contributed by atoms with Crippen molar-refractivity contribution in [3.8, 4) is 0 Å². The Bertz CT molecular complexity index is 153. The molecule has 76 valence electrons. The normalized spacial score (nSPS) is 23.0. The number of carbonyl (C=O) groups is 1. The first-order valence-electron chi connectivity index (χ1n) is 5.15. The van der Waals surface area contributed by atoms with Crippen LogP contribution in [0.1, 0.15) is 26.2 Å². The molecule has 0 aromatic carbocycles. The van der Waals surface area contributed by atoms with Gasteiger partial charge >= 0.3 is 0 Å². The number of carbonyl (C=O) groups excluding carboxylic acids is 1. The van der Waals surface area contributed by atoms with Gasteiger partial charge in [-0.1, -0.05) is 6.92 Å². The van der Waals surface area contributed by atoms with E-state index in [-0.39, 0.29) is 5.92 Å². The SMILES string of the molecule is CCCNCC(=O)C1CCCOC1. The van der Waals surface area contributed by atoms with Crippen molar-refractivity contribution in [3.05, 3.63) is 0 Å². The van der Waals surface area contributed by atoms with E-state index in [0.717, 1.165) is 32.4 Å². The molecule has 1 heterocycles. The number of ketones is 1. The fourth-order valence-electron chi connectivity index (χ4n) is 1.53. The third-order valence-electron chi connectivity index (χ3n) is 2.34. The summed E-state index contributed by atoms with van der Waals surface area (Å²) in [6.07, 6.45) is 3.12. The zero-order valence-electron chi connectivity index (χ0n) is 8.34. The van der Waals surface area contributed by atoms with Gasteiger partial charge in [-0.3, -0.25) is 4.79 Å². The van der Waals surface area contributed by atoms with Gasteiger partial charge in [0.15, 0.2) is 5.78 Å². The zero-order chi connectivity index (χ0) is 9.52. The minimum atomic E-state index is 0.151. The maximum Gasteiger partial charge on any atom is 0.151 e. The Labute approximate surface area is 79.8 Å². The predicted octanol–water partition coefficient (Wildman–Crippen LogP) is 0.982. The van der Waals surface area contributed by atoms with E-state index in [1.165, 1.54) is 0 Å². The molecule has 1 fully saturated rings. The maximum atomic E-state index is 11.5. The van der Waals surface area contributed by atoms with Crippen LogP contribution in [0.25, 0.3) is 0 Å². The second-order valence-electron chi connectivity index (χ2n) is 3.56. The average molecular weight is 185 g/mol. The molecule has 0 aliphatic carbocycles. The number of nitrogens with one attached hydrogen (secondary N) is 1. The monoisotopic (exact) mass is 185 g/mol. The van der Waals surface area contributed by atoms with Crippen molar-refractivity contribution in [2.75, 3.05) is 26.3 Å². The summed E-state index contributed by atoms with van der Waals surface area (Å²) in [4.78, 5) is 11.5. The number of hydrogen-bond donors (Lipinski definition) is 1. The molecule has 0 radical (unpaired) electrons. The topological polar surface area (TPSA) is 38.3 Å². The lowest BCUT2D eigenvalue weighted by Crippen LogP contribution is -2.33. The van der Waals surface area contributed by atoms with Crippen LogP contribution >= 0.6 is 0 Å². The van der Waals surface area contributed by atoms with Gasteiger partial charge in [-0.2, -0.15) is 0 Å². The first-order valence-corrected chi connectivity index (χ1v) is 5.15. The molecule has 1 saturated heterocycles. The van der Waals surface area contributed by atoms with E-state index in [4.69, 9.17) is 4.74 Å². The Kier molecular flexibility index (Phi) is 5.01. The van der Waals surface area contributed by atoms with Gasteiger partial charge < -0.3 is 10.1 Å². The molecule has 1 aliphatic rings. The summed E-state index contributed by atoms with van der Waals surface area (Å²) in [7, 11) is 0. The largest absolute Gasteiger partial charge is 0.381 e. The molecular weight excluding hydrogens is 166 g/mol. The fourth-order valence-corrected chi connectivity index (χ4v) is 1.53. The number of rotatable bonds is 5. The van der Waals surface area contributed by atoms with E-state index in [1.807, 2.05) is 0 Å². The molecule has 0 amide bonds. The summed E-state index contributed by atoms with van der Waals surface area (Å²) in [5.41, 5.74) is 0. The van der Waals surface area contributed by atoms with Gasteiger partial charge in [0.1, 0.15) is 0 Å². The molecule has 1 rings (SSSR count). The van der Waals surface area contributed by atoms with E-state index < -0.39 is 0 Å². The minimum absolute atomic E-state index is 0.151. The summed E-state index contributed by atoms with van der Waals surface area (Å²) in [6.45, 7) is 5.00. The Morgan fingerprint density at radius 2 is 2.46 bits per heavy atom. The van der Waals surface area contributed by atoms with Crippen LogP contribution in [-0.2, 0) is 9.53 Å². The third kappa shape index (κ3) is 3.87. The number of Topliss-reactive ketones (excluding diaryl/α,β-unsaturated/α-hetero) is 1. The third-order valence-corrected chi connectivity index (χ3v) is 2.34. The molecule has 0 aromatic rings. The van der Waals surface area contributed by atoms with Gasteiger partial charge in [-0.05, 0) is 25.8 Å².